The molecule has 0 aliphatic rings. The Bertz CT molecular complexity index is 251. The molecule has 0 atom stereocenters. The van der Waals surface area contributed by atoms with Gasteiger partial charge in [0.25, 0.3) is 10.2 Å². The van der Waals surface area contributed by atoms with Crippen molar-refractivity contribution in [1.29, 1.82) is 0 Å². The molecule has 0 heterocycles. The van der Waals surface area contributed by atoms with E-state index in [2.05, 4.69) is 4.74 Å². The maximum atomic E-state index is 11.6. The number of alkyl halides is 3. The lowest BCUT2D eigenvalue weighted by Gasteiger charge is -2.09. The van der Waals surface area contributed by atoms with Gasteiger partial charge >= 0.3 is 6.18 Å². The normalized spacial score (nSPS) is 13.1. The summed E-state index contributed by atoms with van der Waals surface area (Å²) in [5, 5.41) is 0. The SMILES string of the molecule is COCCNS(=O)(=O)NCC(F)(F)F. The molecule has 0 rings (SSSR count). The Labute approximate surface area is 79.8 Å². The van der Waals surface area contributed by atoms with E-state index in [0.29, 0.717) is 0 Å². The van der Waals surface area contributed by atoms with Gasteiger partial charge in [0.05, 0.1) is 6.61 Å². The lowest BCUT2D eigenvalue weighted by atomic mass is 10.7. The van der Waals surface area contributed by atoms with Gasteiger partial charge in [-0.25, -0.2) is 0 Å². The molecule has 2 N–H and O–H groups in total. The highest BCUT2D eigenvalue weighted by atomic mass is 32.2. The molecule has 0 saturated heterocycles. The minimum absolute atomic E-state index is 0.0797. The average Bonchev–Trinajstić information content (AvgIpc) is 2.00. The maximum Gasteiger partial charge on any atom is 0.402 e. The summed E-state index contributed by atoms with van der Waals surface area (Å²) < 4.78 is 64.0. The number of halogens is 3. The molecule has 14 heavy (non-hydrogen) atoms. The zero-order valence-electron chi connectivity index (χ0n) is 7.39. The molecule has 0 radical (unpaired) electrons. The number of rotatable bonds is 6. The van der Waals surface area contributed by atoms with Gasteiger partial charge in [0.15, 0.2) is 0 Å². The van der Waals surface area contributed by atoms with Gasteiger partial charge in [-0.15, -0.1) is 0 Å². The predicted molar refractivity (Wildman–Crippen MR) is 42.9 cm³/mol. The molecule has 0 aliphatic heterocycles. The summed E-state index contributed by atoms with van der Waals surface area (Å²) >= 11 is 0. The molecular weight excluding hydrogens is 225 g/mol. The third-order valence-corrected chi connectivity index (χ3v) is 2.17. The van der Waals surface area contributed by atoms with Gasteiger partial charge in [-0.3, -0.25) is 0 Å². The van der Waals surface area contributed by atoms with E-state index in [-0.39, 0.29) is 13.2 Å². The van der Waals surface area contributed by atoms with Crippen LogP contribution < -0.4 is 9.44 Å². The molecule has 0 bridgehead atoms. The first-order valence-corrected chi connectivity index (χ1v) is 5.05. The van der Waals surface area contributed by atoms with E-state index >= 15 is 0 Å². The van der Waals surface area contributed by atoms with Crippen molar-refractivity contribution < 1.29 is 26.3 Å². The Morgan fingerprint density at radius 2 is 1.86 bits per heavy atom. The molecule has 0 amide bonds. The molecule has 0 fully saturated rings. The second kappa shape index (κ2) is 5.49. The topological polar surface area (TPSA) is 67.4 Å². The summed E-state index contributed by atoms with van der Waals surface area (Å²) in [6, 6.07) is 0. The third kappa shape index (κ3) is 8.23. The summed E-state index contributed by atoms with van der Waals surface area (Å²) in [5.41, 5.74) is 0. The number of hydrogen-bond donors (Lipinski definition) is 2. The predicted octanol–water partition coefficient (Wildman–Crippen LogP) is -0.381. The van der Waals surface area contributed by atoms with E-state index in [1.807, 2.05) is 4.72 Å². The quantitative estimate of drug-likeness (QED) is 0.618. The van der Waals surface area contributed by atoms with E-state index in [9.17, 15) is 21.6 Å². The fraction of sp³-hybridized carbons (Fsp3) is 1.00. The monoisotopic (exact) mass is 236 g/mol. The van der Waals surface area contributed by atoms with Crippen LogP contribution in [0.25, 0.3) is 0 Å². The van der Waals surface area contributed by atoms with E-state index < -0.39 is 22.9 Å². The van der Waals surface area contributed by atoms with Crippen LogP contribution in [0.4, 0.5) is 13.2 Å². The highest BCUT2D eigenvalue weighted by Gasteiger charge is 2.29. The van der Waals surface area contributed by atoms with Gasteiger partial charge in [-0.1, -0.05) is 0 Å². The van der Waals surface area contributed by atoms with Crippen LogP contribution in [-0.4, -0.2) is 41.4 Å². The van der Waals surface area contributed by atoms with Crippen LogP contribution in [0.3, 0.4) is 0 Å². The molecule has 0 aliphatic carbocycles. The van der Waals surface area contributed by atoms with Crippen molar-refractivity contribution in [2.24, 2.45) is 0 Å². The minimum atomic E-state index is -4.56. The lowest BCUT2D eigenvalue weighted by Crippen LogP contribution is -2.42. The van der Waals surface area contributed by atoms with Crippen LogP contribution in [0, 0.1) is 0 Å². The molecule has 86 valence electrons. The largest absolute Gasteiger partial charge is 0.402 e. The van der Waals surface area contributed by atoms with Gasteiger partial charge in [-0.2, -0.15) is 31.0 Å². The third-order valence-electron chi connectivity index (χ3n) is 1.06. The fourth-order valence-corrected chi connectivity index (χ4v) is 1.31. The second-order valence-corrected chi connectivity index (χ2v) is 3.91. The highest BCUT2D eigenvalue weighted by Crippen LogP contribution is 2.12. The summed E-state index contributed by atoms with van der Waals surface area (Å²) in [7, 11) is -2.74. The Morgan fingerprint density at radius 1 is 1.29 bits per heavy atom. The average molecular weight is 236 g/mol. The van der Waals surface area contributed by atoms with Gasteiger partial charge in [0.1, 0.15) is 6.54 Å². The second-order valence-electron chi connectivity index (χ2n) is 2.33. The Hall–Kier alpha value is -0.380. The van der Waals surface area contributed by atoms with Crippen LogP contribution in [0.15, 0.2) is 0 Å². The Balaban J connectivity index is 3.85. The van der Waals surface area contributed by atoms with Gasteiger partial charge in [0.2, 0.25) is 0 Å². The molecule has 0 unspecified atom stereocenters. The molecule has 5 nitrogen and oxygen atoms in total. The van der Waals surface area contributed by atoms with Crippen molar-refractivity contribution in [3.8, 4) is 0 Å². The first-order chi connectivity index (χ1) is 6.27. The molecule has 0 saturated carbocycles. The molecular formula is C5H11F3N2O3S. The summed E-state index contributed by atoms with van der Waals surface area (Å²) in [5.74, 6) is 0. The summed E-state index contributed by atoms with van der Waals surface area (Å²) in [6.07, 6.45) is -4.56. The number of nitrogens with one attached hydrogen (secondary N) is 2. The van der Waals surface area contributed by atoms with Crippen molar-refractivity contribution in [3.05, 3.63) is 0 Å². The van der Waals surface area contributed by atoms with Crippen molar-refractivity contribution in [2.75, 3.05) is 26.8 Å². The molecule has 0 aromatic heterocycles. The van der Waals surface area contributed by atoms with Crippen molar-refractivity contribution in [1.82, 2.24) is 9.44 Å². The van der Waals surface area contributed by atoms with E-state index in [1.165, 1.54) is 11.8 Å². The zero-order chi connectivity index (χ0) is 11.2. The fourth-order valence-electron chi connectivity index (χ4n) is 0.506. The van der Waals surface area contributed by atoms with Crippen molar-refractivity contribution in [2.45, 2.75) is 6.18 Å². The van der Waals surface area contributed by atoms with E-state index in [0.717, 1.165) is 0 Å². The number of ether oxygens (including phenoxy) is 1. The first-order valence-electron chi connectivity index (χ1n) is 3.57. The van der Waals surface area contributed by atoms with Crippen LogP contribution in [-0.2, 0) is 14.9 Å². The van der Waals surface area contributed by atoms with Crippen molar-refractivity contribution in [3.63, 3.8) is 0 Å². The molecule has 0 aromatic rings. The molecule has 9 heteroatoms. The Morgan fingerprint density at radius 3 is 2.29 bits per heavy atom. The number of methoxy groups -OCH3 is 1. The lowest BCUT2D eigenvalue weighted by molar-refractivity contribution is -0.121. The highest BCUT2D eigenvalue weighted by molar-refractivity contribution is 7.87. The summed E-state index contributed by atoms with van der Waals surface area (Å²) in [4.78, 5) is 0. The maximum absolute atomic E-state index is 11.6. The molecule has 0 aromatic carbocycles. The summed E-state index contributed by atoms with van der Waals surface area (Å²) in [6.45, 7) is -1.58. The van der Waals surface area contributed by atoms with Crippen LogP contribution in [0.5, 0.6) is 0 Å². The number of hydrogen-bond acceptors (Lipinski definition) is 3. The zero-order valence-corrected chi connectivity index (χ0v) is 8.20. The van der Waals surface area contributed by atoms with E-state index in [1.54, 1.807) is 0 Å². The van der Waals surface area contributed by atoms with Crippen LogP contribution in [0.1, 0.15) is 0 Å². The van der Waals surface area contributed by atoms with Gasteiger partial charge in [-0.05, 0) is 0 Å². The molecule has 0 spiro atoms. The van der Waals surface area contributed by atoms with Crippen LogP contribution in [0.2, 0.25) is 0 Å². The van der Waals surface area contributed by atoms with Crippen LogP contribution >= 0.6 is 0 Å². The van der Waals surface area contributed by atoms with E-state index in [4.69, 9.17) is 0 Å². The first kappa shape index (κ1) is 13.6. The van der Waals surface area contributed by atoms with Gasteiger partial charge in [0, 0.05) is 13.7 Å². The minimum Gasteiger partial charge on any atom is -0.383 e. The standard InChI is InChI=1S/C5H11F3N2O3S/c1-13-3-2-9-14(11,12)10-4-5(6,7)8/h9-10H,2-4H2,1H3. The van der Waals surface area contributed by atoms with Gasteiger partial charge < -0.3 is 4.74 Å². The van der Waals surface area contributed by atoms with Crippen molar-refractivity contribution >= 4 is 10.2 Å². The smallest absolute Gasteiger partial charge is 0.383 e. The Kier molecular flexibility index (Phi) is 5.34.